The first-order chi connectivity index (χ1) is 12.9. The molecule has 140 valence electrons. The number of H-pyrrole nitrogens is 1. The van der Waals surface area contributed by atoms with Crippen LogP contribution in [-0.2, 0) is 13.6 Å². The number of nitrogens with two attached hydrogens (primary N) is 1. The molecule has 0 aliphatic heterocycles. The lowest BCUT2D eigenvalue weighted by atomic mass is 10.2. The van der Waals surface area contributed by atoms with Crippen LogP contribution < -0.4 is 17.0 Å². The Balaban J connectivity index is 1.85. The summed E-state index contributed by atoms with van der Waals surface area (Å²) in [5.74, 6) is 0.00311. The number of nitrogen functional groups attached to an aromatic ring is 1. The van der Waals surface area contributed by atoms with Crippen LogP contribution >= 0.6 is 11.8 Å². The fraction of sp³-hybridized carbons (Fsp3) is 0.235. The van der Waals surface area contributed by atoms with Gasteiger partial charge in [-0.1, -0.05) is 42.1 Å². The lowest BCUT2D eigenvalue weighted by Crippen LogP contribution is -2.35. The summed E-state index contributed by atoms with van der Waals surface area (Å²) < 4.78 is 2.92. The Labute approximate surface area is 158 Å². The minimum Gasteiger partial charge on any atom is -0.384 e. The summed E-state index contributed by atoms with van der Waals surface area (Å²) in [7, 11) is 1.39. The van der Waals surface area contributed by atoms with Crippen LogP contribution in [0.2, 0.25) is 0 Å². The Kier molecular flexibility index (Phi) is 5.26. The van der Waals surface area contributed by atoms with Crippen LogP contribution in [-0.4, -0.2) is 35.9 Å². The highest BCUT2D eigenvalue weighted by Crippen LogP contribution is 2.24. The number of benzene rings is 1. The fourth-order valence-electron chi connectivity index (χ4n) is 2.59. The van der Waals surface area contributed by atoms with Crippen molar-refractivity contribution in [2.75, 3.05) is 11.5 Å². The van der Waals surface area contributed by atoms with Gasteiger partial charge in [0.25, 0.3) is 5.56 Å². The summed E-state index contributed by atoms with van der Waals surface area (Å²) in [6, 6.07) is 9.60. The van der Waals surface area contributed by atoms with E-state index >= 15 is 0 Å². The molecule has 0 aliphatic rings. The van der Waals surface area contributed by atoms with Crippen molar-refractivity contribution in [2.24, 2.45) is 7.05 Å². The van der Waals surface area contributed by atoms with E-state index in [1.54, 1.807) is 0 Å². The predicted molar refractivity (Wildman–Crippen MR) is 103 cm³/mol. The number of carbonyl (C=O) groups is 1. The topological polar surface area (TPSA) is 129 Å². The Morgan fingerprint density at radius 2 is 1.93 bits per heavy atom. The average molecular weight is 386 g/mol. The van der Waals surface area contributed by atoms with E-state index in [4.69, 9.17) is 5.73 Å². The predicted octanol–water partition coefficient (Wildman–Crippen LogP) is 0.909. The van der Waals surface area contributed by atoms with Crippen LogP contribution in [0.5, 0.6) is 0 Å². The third-order valence-electron chi connectivity index (χ3n) is 4.05. The maximum Gasteiger partial charge on any atom is 0.329 e. The van der Waals surface area contributed by atoms with Crippen LogP contribution in [0, 0.1) is 0 Å². The first kappa shape index (κ1) is 18.6. The summed E-state index contributed by atoms with van der Waals surface area (Å²) in [5, 5.41) is 8.93. The summed E-state index contributed by atoms with van der Waals surface area (Å²) in [6.45, 7) is 2.58. The summed E-state index contributed by atoms with van der Waals surface area (Å²) in [4.78, 5) is 38.1. The molecular formula is C17H18N6O3S. The maximum atomic E-state index is 12.5. The van der Waals surface area contributed by atoms with Crippen molar-refractivity contribution in [3.63, 3.8) is 0 Å². The van der Waals surface area contributed by atoms with Gasteiger partial charge in [-0.15, -0.1) is 10.2 Å². The number of nitrogens with zero attached hydrogens (tertiary/aromatic N) is 4. The molecule has 9 nitrogen and oxygen atoms in total. The van der Waals surface area contributed by atoms with Crippen molar-refractivity contribution in [1.82, 2.24) is 24.3 Å². The lowest BCUT2D eigenvalue weighted by Gasteiger charge is -2.08. The maximum absolute atomic E-state index is 12.5. The van der Waals surface area contributed by atoms with E-state index in [-0.39, 0.29) is 17.1 Å². The molecule has 1 aromatic carbocycles. The van der Waals surface area contributed by atoms with Crippen molar-refractivity contribution in [2.45, 2.75) is 18.6 Å². The average Bonchev–Trinajstić information content (AvgIpc) is 3.08. The first-order valence-corrected chi connectivity index (χ1v) is 9.16. The molecule has 0 saturated carbocycles. The van der Waals surface area contributed by atoms with Gasteiger partial charge in [0.05, 0.1) is 5.75 Å². The van der Waals surface area contributed by atoms with Gasteiger partial charge in [-0.3, -0.25) is 19.1 Å². The molecule has 0 fully saturated rings. The van der Waals surface area contributed by atoms with Crippen LogP contribution in [0.4, 0.5) is 5.82 Å². The highest BCUT2D eigenvalue weighted by Gasteiger charge is 2.20. The van der Waals surface area contributed by atoms with Gasteiger partial charge in [0.15, 0.2) is 16.8 Å². The highest BCUT2D eigenvalue weighted by atomic mass is 32.2. The van der Waals surface area contributed by atoms with Gasteiger partial charge >= 0.3 is 5.69 Å². The van der Waals surface area contributed by atoms with Crippen LogP contribution in [0.15, 0.2) is 45.1 Å². The molecule has 0 atom stereocenters. The highest BCUT2D eigenvalue weighted by molar-refractivity contribution is 7.99. The van der Waals surface area contributed by atoms with Crippen molar-refractivity contribution in [3.8, 4) is 11.4 Å². The Morgan fingerprint density at radius 3 is 2.59 bits per heavy atom. The second-order valence-electron chi connectivity index (χ2n) is 5.71. The number of carbonyl (C=O) groups excluding carboxylic acids is 1. The number of ketones is 1. The molecule has 0 spiro atoms. The zero-order chi connectivity index (χ0) is 19.6. The minimum atomic E-state index is -0.789. The number of Topliss-reactive ketones (excluding diaryl/α,β-unsaturated/α-hetero) is 1. The van der Waals surface area contributed by atoms with Crippen molar-refractivity contribution in [3.05, 3.63) is 56.7 Å². The van der Waals surface area contributed by atoms with Crippen molar-refractivity contribution < 1.29 is 4.79 Å². The number of aromatic amines is 1. The molecule has 3 aromatic rings. The van der Waals surface area contributed by atoms with E-state index in [1.807, 2.05) is 41.8 Å². The number of thioether (sulfide) groups is 1. The molecule has 27 heavy (non-hydrogen) atoms. The molecule has 0 saturated heterocycles. The van der Waals surface area contributed by atoms with Gasteiger partial charge in [-0.25, -0.2) is 4.79 Å². The number of nitrogens with one attached hydrogen (secondary N) is 1. The normalized spacial score (nSPS) is 10.9. The second-order valence-corrected chi connectivity index (χ2v) is 6.65. The van der Waals surface area contributed by atoms with E-state index in [9.17, 15) is 14.4 Å². The van der Waals surface area contributed by atoms with Gasteiger partial charge in [-0.2, -0.15) is 0 Å². The molecule has 0 amide bonds. The van der Waals surface area contributed by atoms with Gasteiger partial charge < -0.3 is 10.3 Å². The Hall–Kier alpha value is -3.14. The number of hydrogen-bond acceptors (Lipinski definition) is 7. The Morgan fingerprint density at radius 1 is 1.22 bits per heavy atom. The molecule has 3 rings (SSSR count). The number of anilines is 1. The van der Waals surface area contributed by atoms with Crippen molar-refractivity contribution >= 4 is 23.4 Å². The molecule has 10 heteroatoms. The van der Waals surface area contributed by atoms with E-state index in [1.165, 1.54) is 7.05 Å². The SMILES string of the molecule is CCn1c(SCC(=O)c2c(N)n(C)c(=O)[nH]c2=O)nnc1-c1ccccc1. The first-order valence-electron chi connectivity index (χ1n) is 8.17. The molecule has 2 heterocycles. The second kappa shape index (κ2) is 7.62. The summed E-state index contributed by atoms with van der Waals surface area (Å²) >= 11 is 1.16. The monoisotopic (exact) mass is 386 g/mol. The zero-order valence-corrected chi connectivity index (χ0v) is 15.6. The Bertz CT molecular complexity index is 1100. The number of hydrogen-bond donors (Lipinski definition) is 2. The number of aromatic nitrogens is 5. The summed E-state index contributed by atoms with van der Waals surface area (Å²) in [6.07, 6.45) is 0. The molecule has 0 bridgehead atoms. The van der Waals surface area contributed by atoms with Crippen LogP contribution in [0.1, 0.15) is 17.3 Å². The lowest BCUT2D eigenvalue weighted by molar-refractivity contribution is 0.102. The smallest absolute Gasteiger partial charge is 0.329 e. The fourth-order valence-corrected chi connectivity index (χ4v) is 3.46. The zero-order valence-electron chi connectivity index (χ0n) is 14.8. The van der Waals surface area contributed by atoms with E-state index in [0.717, 1.165) is 21.9 Å². The standard InChI is InChI=1S/C17H18N6O3S/c1-3-23-14(10-7-5-4-6-8-10)20-21-17(23)27-9-11(24)12-13(18)22(2)16(26)19-15(12)25/h4-8H,3,9,18H2,1-2H3,(H,19,25,26). The molecule has 3 N–H and O–H groups in total. The third-order valence-corrected chi connectivity index (χ3v) is 5.01. The molecular weight excluding hydrogens is 368 g/mol. The molecule has 0 radical (unpaired) electrons. The number of rotatable bonds is 6. The van der Waals surface area contributed by atoms with Gasteiger partial charge in [0.1, 0.15) is 11.4 Å². The van der Waals surface area contributed by atoms with Crippen molar-refractivity contribution in [1.29, 1.82) is 0 Å². The minimum absolute atomic E-state index is 0.0571. The van der Waals surface area contributed by atoms with E-state index < -0.39 is 17.0 Å². The summed E-state index contributed by atoms with van der Waals surface area (Å²) in [5.41, 5.74) is 5.01. The van der Waals surface area contributed by atoms with Gasteiger partial charge in [-0.05, 0) is 6.92 Å². The quantitative estimate of drug-likeness (QED) is 0.476. The van der Waals surface area contributed by atoms with E-state index in [0.29, 0.717) is 17.5 Å². The van der Waals surface area contributed by atoms with Gasteiger partial charge in [0.2, 0.25) is 0 Å². The third kappa shape index (κ3) is 3.56. The molecule has 0 unspecified atom stereocenters. The van der Waals surface area contributed by atoms with Crippen LogP contribution in [0.3, 0.4) is 0 Å². The van der Waals surface area contributed by atoms with Gasteiger partial charge in [0, 0.05) is 19.2 Å². The largest absolute Gasteiger partial charge is 0.384 e. The van der Waals surface area contributed by atoms with E-state index in [2.05, 4.69) is 15.2 Å². The van der Waals surface area contributed by atoms with Crippen LogP contribution in [0.25, 0.3) is 11.4 Å². The molecule has 2 aromatic heterocycles. The molecule has 0 aliphatic carbocycles.